The summed E-state index contributed by atoms with van der Waals surface area (Å²) in [5.41, 5.74) is 1.29. The molecule has 1 aromatic carbocycles. The van der Waals surface area contributed by atoms with E-state index < -0.39 is 10.0 Å². The monoisotopic (exact) mass is 346 g/mol. The van der Waals surface area contributed by atoms with Crippen molar-refractivity contribution in [3.05, 3.63) is 34.3 Å². The number of likely N-dealkylation sites (tertiary alicyclic amines) is 1. The minimum absolute atomic E-state index is 0.0455. The van der Waals surface area contributed by atoms with Crippen molar-refractivity contribution in [3.63, 3.8) is 0 Å². The van der Waals surface area contributed by atoms with Crippen molar-refractivity contribution in [2.75, 3.05) is 18.8 Å². The molecular formula is C13H19BrN2O2S. The van der Waals surface area contributed by atoms with Crippen LogP contribution in [-0.2, 0) is 16.4 Å². The summed E-state index contributed by atoms with van der Waals surface area (Å²) in [6.07, 6.45) is 3.23. The molecule has 2 N–H and O–H groups in total. The third-order valence-corrected chi connectivity index (χ3v) is 4.83. The molecule has 1 aliphatic rings. The maximum absolute atomic E-state index is 11.0. The summed E-state index contributed by atoms with van der Waals surface area (Å²) in [7, 11) is -3.36. The van der Waals surface area contributed by atoms with Gasteiger partial charge in [-0.05, 0) is 43.5 Å². The van der Waals surface area contributed by atoms with E-state index in [0.29, 0.717) is 12.6 Å². The lowest BCUT2D eigenvalue weighted by Crippen LogP contribution is -2.36. The van der Waals surface area contributed by atoms with Gasteiger partial charge in [0.2, 0.25) is 10.0 Å². The number of primary sulfonamides is 1. The van der Waals surface area contributed by atoms with Crippen molar-refractivity contribution in [3.8, 4) is 0 Å². The molecule has 1 aromatic rings. The van der Waals surface area contributed by atoms with E-state index in [1.807, 2.05) is 12.1 Å². The number of nitrogens with zero attached hydrogens (tertiary/aromatic N) is 1. The molecule has 4 nitrogen and oxygen atoms in total. The number of halogens is 1. The first-order valence-corrected chi connectivity index (χ1v) is 8.94. The van der Waals surface area contributed by atoms with Gasteiger partial charge in [-0.25, -0.2) is 13.6 Å². The summed E-state index contributed by atoms with van der Waals surface area (Å²) < 4.78 is 23.2. The molecular weight excluding hydrogens is 328 g/mol. The zero-order chi connectivity index (χ0) is 13.9. The Balaban J connectivity index is 1.93. The summed E-state index contributed by atoms with van der Waals surface area (Å²) in [6, 6.07) is 8.74. The third kappa shape index (κ3) is 4.87. The van der Waals surface area contributed by atoms with Gasteiger partial charge >= 0.3 is 0 Å². The van der Waals surface area contributed by atoms with Gasteiger partial charge in [-0.15, -0.1) is 0 Å². The van der Waals surface area contributed by atoms with Gasteiger partial charge in [-0.2, -0.15) is 0 Å². The highest BCUT2D eigenvalue weighted by Gasteiger charge is 2.25. The van der Waals surface area contributed by atoms with E-state index in [1.165, 1.54) is 5.56 Å². The first kappa shape index (κ1) is 15.0. The zero-order valence-electron chi connectivity index (χ0n) is 10.8. The molecule has 0 aliphatic carbocycles. The molecule has 1 aliphatic heterocycles. The Hall–Kier alpha value is -0.430. The van der Waals surface area contributed by atoms with Crippen LogP contribution in [0, 0.1) is 0 Å². The average Bonchev–Trinajstić information content (AvgIpc) is 2.76. The molecule has 1 saturated heterocycles. The quantitative estimate of drug-likeness (QED) is 0.883. The van der Waals surface area contributed by atoms with Crippen LogP contribution in [0.25, 0.3) is 0 Å². The Morgan fingerprint density at radius 1 is 1.32 bits per heavy atom. The van der Waals surface area contributed by atoms with Crippen LogP contribution in [0.3, 0.4) is 0 Å². The van der Waals surface area contributed by atoms with Gasteiger partial charge in [0.15, 0.2) is 0 Å². The third-order valence-electron chi connectivity index (χ3n) is 3.55. The largest absolute Gasteiger partial charge is 0.299 e. The smallest absolute Gasteiger partial charge is 0.210 e. The van der Waals surface area contributed by atoms with Crippen LogP contribution in [0.15, 0.2) is 28.7 Å². The van der Waals surface area contributed by atoms with Gasteiger partial charge in [0, 0.05) is 17.1 Å². The fraction of sp³-hybridized carbons (Fsp3) is 0.538. The Morgan fingerprint density at radius 3 is 2.63 bits per heavy atom. The summed E-state index contributed by atoms with van der Waals surface area (Å²) in [5, 5.41) is 5.07. The molecule has 19 heavy (non-hydrogen) atoms. The normalized spacial score (nSPS) is 20.8. The van der Waals surface area contributed by atoms with Crippen molar-refractivity contribution < 1.29 is 8.42 Å². The molecule has 1 fully saturated rings. The number of sulfonamides is 1. The van der Waals surface area contributed by atoms with E-state index >= 15 is 0 Å². The number of benzene rings is 1. The lowest BCUT2D eigenvalue weighted by atomic mass is 10.0. The maximum atomic E-state index is 11.0. The minimum Gasteiger partial charge on any atom is -0.299 e. The molecule has 0 radical (unpaired) electrons. The van der Waals surface area contributed by atoms with Crippen molar-refractivity contribution >= 4 is 26.0 Å². The predicted molar refractivity (Wildman–Crippen MR) is 80.4 cm³/mol. The van der Waals surface area contributed by atoms with E-state index in [2.05, 4.69) is 33.0 Å². The molecule has 0 amide bonds. The summed E-state index contributed by atoms with van der Waals surface area (Å²) in [4.78, 5) is 2.24. The first-order chi connectivity index (χ1) is 8.94. The molecule has 0 spiro atoms. The van der Waals surface area contributed by atoms with Crippen molar-refractivity contribution in [2.45, 2.75) is 25.3 Å². The Morgan fingerprint density at radius 2 is 2.00 bits per heavy atom. The number of hydrogen-bond donors (Lipinski definition) is 1. The van der Waals surface area contributed by atoms with E-state index in [4.69, 9.17) is 5.14 Å². The van der Waals surface area contributed by atoms with Crippen molar-refractivity contribution in [2.24, 2.45) is 5.14 Å². The minimum atomic E-state index is -3.36. The van der Waals surface area contributed by atoms with Crippen LogP contribution < -0.4 is 5.14 Å². The lowest BCUT2D eigenvalue weighted by Gasteiger charge is -2.24. The van der Waals surface area contributed by atoms with Gasteiger partial charge in [-0.3, -0.25) is 4.90 Å². The fourth-order valence-electron chi connectivity index (χ4n) is 2.56. The molecule has 1 heterocycles. The van der Waals surface area contributed by atoms with Crippen LogP contribution in [0.1, 0.15) is 18.4 Å². The van der Waals surface area contributed by atoms with Crippen LogP contribution in [0.4, 0.5) is 0 Å². The van der Waals surface area contributed by atoms with Crippen LogP contribution >= 0.6 is 15.9 Å². The molecule has 0 saturated carbocycles. The summed E-state index contributed by atoms with van der Waals surface area (Å²) >= 11 is 3.43. The second-order valence-corrected chi connectivity index (χ2v) is 7.68. The van der Waals surface area contributed by atoms with E-state index in [-0.39, 0.29) is 5.75 Å². The SMILES string of the molecule is NS(=O)(=O)CCN1CCC[C@@H]1Cc1ccc(Br)cc1. The van der Waals surface area contributed by atoms with Crippen molar-refractivity contribution in [1.29, 1.82) is 0 Å². The van der Waals surface area contributed by atoms with Crippen LogP contribution in [0.5, 0.6) is 0 Å². The van der Waals surface area contributed by atoms with E-state index in [9.17, 15) is 8.42 Å². The average molecular weight is 347 g/mol. The van der Waals surface area contributed by atoms with Gasteiger partial charge in [0.05, 0.1) is 5.75 Å². The molecule has 0 unspecified atom stereocenters. The van der Waals surface area contributed by atoms with E-state index in [0.717, 1.165) is 30.3 Å². The zero-order valence-corrected chi connectivity index (χ0v) is 13.2. The number of nitrogens with two attached hydrogens (primary N) is 1. The Bertz CT molecular complexity index is 516. The topological polar surface area (TPSA) is 63.4 Å². The molecule has 2 rings (SSSR count). The molecule has 0 aromatic heterocycles. The van der Waals surface area contributed by atoms with Crippen LogP contribution in [0.2, 0.25) is 0 Å². The van der Waals surface area contributed by atoms with Gasteiger partial charge in [-0.1, -0.05) is 28.1 Å². The van der Waals surface area contributed by atoms with E-state index in [1.54, 1.807) is 0 Å². The summed E-state index contributed by atoms with van der Waals surface area (Å²) in [5.74, 6) is 0.0455. The first-order valence-electron chi connectivity index (χ1n) is 6.43. The fourth-order valence-corrected chi connectivity index (χ4v) is 3.31. The highest BCUT2D eigenvalue weighted by molar-refractivity contribution is 9.10. The molecule has 1 atom stereocenters. The van der Waals surface area contributed by atoms with Gasteiger partial charge in [0.25, 0.3) is 0 Å². The summed E-state index contributed by atoms with van der Waals surface area (Å²) in [6.45, 7) is 1.51. The highest BCUT2D eigenvalue weighted by atomic mass is 79.9. The second-order valence-electron chi connectivity index (χ2n) is 5.03. The predicted octanol–water partition coefficient (Wildman–Crippen LogP) is 1.74. The van der Waals surface area contributed by atoms with Gasteiger partial charge in [0.1, 0.15) is 0 Å². The Labute approximate surface area is 123 Å². The standard InChI is InChI=1S/C13H19BrN2O2S/c14-12-5-3-11(4-6-12)10-13-2-1-7-16(13)8-9-19(15,17)18/h3-6,13H,1-2,7-10H2,(H2,15,17,18)/t13-/m1/s1. The van der Waals surface area contributed by atoms with Gasteiger partial charge < -0.3 is 0 Å². The lowest BCUT2D eigenvalue weighted by molar-refractivity contribution is 0.267. The highest BCUT2D eigenvalue weighted by Crippen LogP contribution is 2.21. The second kappa shape index (κ2) is 6.35. The van der Waals surface area contributed by atoms with Crippen LogP contribution in [-0.4, -0.2) is 38.2 Å². The molecule has 0 bridgehead atoms. The van der Waals surface area contributed by atoms with Crippen molar-refractivity contribution in [1.82, 2.24) is 4.90 Å². The molecule has 6 heteroatoms. The Kier molecular flexibility index (Phi) is 5.00. The maximum Gasteiger partial charge on any atom is 0.210 e. The number of hydrogen-bond acceptors (Lipinski definition) is 3. The number of rotatable bonds is 5. The molecule has 106 valence electrons.